The lowest BCUT2D eigenvalue weighted by atomic mass is 9.74. The van der Waals surface area contributed by atoms with Crippen molar-refractivity contribution in [3.63, 3.8) is 0 Å². The Hall–Kier alpha value is -2.00. The maximum absolute atomic E-state index is 13.1. The number of fused-ring (bicyclic) bond motifs is 3. The predicted molar refractivity (Wildman–Crippen MR) is 97.4 cm³/mol. The number of nitrogens with zero attached hydrogens (tertiary/aromatic N) is 1. The van der Waals surface area contributed by atoms with Gasteiger partial charge in [0.05, 0.1) is 10.7 Å². The van der Waals surface area contributed by atoms with E-state index in [1.54, 1.807) is 18.2 Å². The molecule has 1 fully saturated rings. The van der Waals surface area contributed by atoms with E-state index in [1.165, 1.54) is 11.1 Å². The summed E-state index contributed by atoms with van der Waals surface area (Å²) in [5, 5.41) is 0.448. The molecule has 0 aromatic heterocycles. The van der Waals surface area contributed by atoms with E-state index in [0.29, 0.717) is 22.2 Å². The van der Waals surface area contributed by atoms with E-state index >= 15 is 0 Å². The molecule has 3 nitrogen and oxygen atoms in total. The summed E-state index contributed by atoms with van der Waals surface area (Å²) in [4.78, 5) is 15.1. The summed E-state index contributed by atoms with van der Waals surface area (Å²) in [5.74, 6) is 0.530. The van der Waals surface area contributed by atoms with Crippen molar-refractivity contribution in [2.45, 2.75) is 37.6 Å². The van der Waals surface area contributed by atoms with Crippen LogP contribution in [0.1, 0.15) is 46.7 Å². The molecule has 0 unspecified atom stereocenters. The number of hydrogen-bond donors (Lipinski definition) is 1. The number of halogens is 1. The number of nitrogen functional groups attached to an aromatic ring is 1. The summed E-state index contributed by atoms with van der Waals surface area (Å²) in [5.41, 5.74) is 9.79. The summed E-state index contributed by atoms with van der Waals surface area (Å²) in [7, 11) is 0. The third-order valence-electron chi connectivity index (χ3n) is 5.45. The number of amides is 1. The Morgan fingerprint density at radius 3 is 2.83 bits per heavy atom. The lowest BCUT2D eigenvalue weighted by molar-refractivity contribution is 0.0547. The third kappa shape index (κ3) is 2.57. The molecule has 0 spiro atoms. The average molecular weight is 341 g/mol. The topological polar surface area (TPSA) is 46.3 Å². The Bertz CT molecular complexity index is 789. The molecule has 2 aromatic rings. The fourth-order valence-electron chi connectivity index (χ4n) is 4.28. The molecule has 2 N–H and O–H groups in total. The summed E-state index contributed by atoms with van der Waals surface area (Å²) >= 11 is 6.11. The maximum Gasteiger partial charge on any atom is 0.254 e. The fraction of sp³-hybridized carbons (Fsp3) is 0.350. The number of carbonyl (C=O) groups excluding carboxylic acids is 1. The molecule has 1 amide bonds. The zero-order chi connectivity index (χ0) is 16.7. The summed E-state index contributed by atoms with van der Waals surface area (Å²) < 4.78 is 0. The third-order valence-corrected chi connectivity index (χ3v) is 5.78. The molecule has 24 heavy (non-hydrogen) atoms. The molecule has 2 aromatic carbocycles. The van der Waals surface area contributed by atoms with Crippen LogP contribution < -0.4 is 5.73 Å². The zero-order valence-corrected chi connectivity index (χ0v) is 14.3. The maximum atomic E-state index is 13.1. The molecule has 0 bridgehead atoms. The molecule has 1 aliphatic carbocycles. The van der Waals surface area contributed by atoms with Gasteiger partial charge in [0.2, 0.25) is 0 Å². The van der Waals surface area contributed by atoms with Gasteiger partial charge in [0, 0.05) is 24.1 Å². The minimum atomic E-state index is 0.0750. The molecular formula is C20H21ClN2O. The first-order valence-electron chi connectivity index (χ1n) is 8.59. The Labute approximate surface area is 147 Å². The van der Waals surface area contributed by atoms with Crippen LogP contribution in [0.3, 0.4) is 0 Å². The van der Waals surface area contributed by atoms with Gasteiger partial charge in [-0.2, -0.15) is 0 Å². The highest BCUT2D eigenvalue weighted by molar-refractivity contribution is 6.33. The van der Waals surface area contributed by atoms with Crippen molar-refractivity contribution >= 4 is 23.2 Å². The van der Waals surface area contributed by atoms with E-state index in [0.717, 1.165) is 32.2 Å². The first kappa shape index (κ1) is 15.5. The molecule has 2 atom stereocenters. The molecular weight excluding hydrogens is 320 g/mol. The van der Waals surface area contributed by atoms with E-state index in [2.05, 4.69) is 29.2 Å². The highest BCUT2D eigenvalue weighted by Crippen LogP contribution is 2.41. The van der Waals surface area contributed by atoms with Gasteiger partial charge in [-0.15, -0.1) is 0 Å². The van der Waals surface area contributed by atoms with Crippen molar-refractivity contribution in [3.8, 4) is 0 Å². The number of nitrogens with two attached hydrogens (primary N) is 1. The number of hydrogen-bond acceptors (Lipinski definition) is 2. The summed E-state index contributed by atoms with van der Waals surface area (Å²) in [6, 6.07) is 14.2. The van der Waals surface area contributed by atoms with Crippen molar-refractivity contribution in [1.29, 1.82) is 0 Å². The van der Waals surface area contributed by atoms with Gasteiger partial charge in [0.1, 0.15) is 0 Å². The number of rotatable bonds is 1. The van der Waals surface area contributed by atoms with Crippen LogP contribution in [0.25, 0.3) is 0 Å². The molecule has 0 saturated carbocycles. The van der Waals surface area contributed by atoms with Gasteiger partial charge in [-0.25, -0.2) is 0 Å². The quantitative estimate of drug-likeness (QED) is 0.788. The van der Waals surface area contributed by atoms with Crippen molar-refractivity contribution < 1.29 is 4.79 Å². The van der Waals surface area contributed by atoms with Gasteiger partial charge in [0.15, 0.2) is 0 Å². The monoisotopic (exact) mass is 340 g/mol. The normalized spacial score (nSPS) is 22.6. The predicted octanol–water partition coefficient (Wildman–Crippen LogP) is 4.26. The van der Waals surface area contributed by atoms with E-state index in [-0.39, 0.29) is 11.9 Å². The SMILES string of the molecule is Nc1ccc(C(=O)N2CCC[C@H]3c4ccccc4CC[C@H]32)cc1Cl. The zero-order valence-electron chi connectivity index (χ0n) is 13.5. The largest absolute Gasteiger partial charge is 0.398 e. The number of benzene rings is 2. The number of carbonyl (C=O) groups is 1. The Balaban J connectivity index is 1.64. The summed E-state index contributed by atoms with van der Waals surface area (Å²) in [6.07, 6.45) is 4.29. The first-order chi connectivity index (χ1) is 11.6. The van der Waals surface area contributed by atoms with Crippen LogP contribution in [-0.2, 0) is 6.42 Å². The Kier molecular flexibility index (Phi) is 3.97. The van der Waals surface area contributed by atoms with Crippen molar-refractivity contribution in [1.82, 2.24) is 4.90 Å². The summed E-state index contributed by atoms with van der Waals surface area (Å²) in [6.45, 7) is 0.824. The molecule has 1 saturated heterocycles. The fourth-order valence-corrected chi connectivity index (χ4v) is 4.46. The van der Waals surface area contributed by atoms with Gasteiger partial charge in [-0.05, 0) is 55.0 Å². The first-order valence-corrected chi connectivity index (χ1v) is 8.97. The Morgan fingerprint density at radius 2 is 2.00 bits per heavy atom. The molecule has 1 aliphatic heterocycles. The van der Waals surface area contributed by atoms with Crippen LogP contribution in [0.15, 0.2) is 42.5 Å². The van der Waals surface area contributed by atoms with Crippen LogP contribution in [0, 0.1) is 0 Å². The molecule has 1 heterocycles. The average Bonchev–Trinajstić information content (AvgIpc) is 2.62. The van der Waals surface area contributed by atoms with Crippen LogP contribution in [0.2, 0.25) is 5.02 Å². The highest BCUT2D eigenvalue weighted by Gasteiger charge is 2.38. The van der Waals surface area contributed by atoms with Crippen molar-refractivity contribution in [2.75, 3.05) is 12.3 Å². The van der Waals surface area contributed by atoms with E-state index in [1.807, 2.05) is 0 Å². The van der Waals surface area contributed by atoms with Crippen LogP contribution >= 0.6 is 11.6 Å². The van der Waals surface area contributed by atoms with Crippen molar-refractivity contribution in [3.05, 3.63) is 64.2 Å². The molecule has 2 aliphatic rings. The second kappa shape index (κ2) is 6.14. The smallest absolute Gasteiger partial charge is 0.254 e. The minimum absolute atomic E-state index is 0.0750. The lowest BCUT2D eigenvalue weighted by Gasteiger charge is -2.45. The van der Waals surface area contributed by atoms with E-state index < -0.39 is 0 Å². The van der Waals surface area contributed by atoms with Gasteiger partial charge < -0.3 is 10.6 Å². The number of anilines is 1. The standard InChI is InChI=1S/C20H21ClN2O/c21-17-12-14(7-9-18(17)22)20(24)23-11-3-6-16-15-5-2-1-4-13(15)8-10-19(16)23/h1-2,4-5,7,9,12,16,19H,3,6,8,10-11,22H2/t16-,19+/m0/s1. The van der Waals surface area contributed by atoms with Crippen LogP contribution in [-0.4, -0.2) is 23.4 Å². The molecule has 4 rings (SSSR count). The molecule has 124 valence electrons. The molecule has 0 radical (unpaired) electrons. The van der Waals surface area contributed by atoms with E-state index in [4.69, 9.17) is 17.3 Å². The number of aryl methyl sites for hydroxylation is 1. The van der Waals surface area contributed by atoms with Gasteiger partial charge in [-0.3, -0.25) is 4.79 Å². The van der Waals surface area contributed by atoms with Gasteiger partial charge in [-0.1, -0.05) is 35.9 Å². The van der Waals surface area contributed by atoms with Crippen LogP contribution in [0.4, 0.5) is 5.69 Å². The number of piperidine rings is 1. The second-order valence-corrected chi connectivity index (χ2v) is 7.20. The van der Waals surface area contributed by atoms with Gasteiger partial charge >= 0.3 is 0 Å². The lowest BCUT2D eigenvalue weighted by Crippen LogP contribution is -2.49. The minimum Gasteiger partial charge on any atom is -0.398 e. The van der Waals surface area contributed by atoms with Crippen LogP contribution in [0.5, 0.6) is 0 Å². The van der Waals surface area contributed by atoms with E-state index in [9.17, 15) is 4.79 Å². The second-order valence-electron chi connectivity index (χ2n) is 6.79. The van der Waals surface area contributed by atoms with Gasteiger partial charge in [0.25, 0.3) is 5.91 Å². The molecule has 4 heteroatoms. The highest BCUT2D eigenvalue weighted by atomic mass is 35.5. The number of likely N-dealkylation sites (tertiary alicyclic amines) is 1. The Morgan fingerprint density at radius 1 is 1.17 bits per heavy atom. The van der Waals surface area contributed by atoms with Crippen molar-refractivity contribution in [2.24, 2.45) is 0 Å².